The van der Waals surface area contributed by atoms with Crippen LogP contribution in [0.5, 0.6) is 0 Å². The molecule has 3 nitrogen and oxygen atoms in total. The van der Waals surface area contributed by atoms with Gasteiger partial charge in [-0.2, -0.15) is 5.10 Å². The summed E-state index contributed by atoms with van der Waals surface area (Å²) in [4.78, 5) is 0. The summed E-state index contributed by atoms with van der Waals surface area (Å²) in [6.07, 6.45) is 4.71. The second-order valence-electron chi connectivity index (χ2n) is 3.38. The molecule has 0 unspecified atom stereocenters. The minimum atomic E-state index is 0.188. The Morgan fingerprint density at radius 3 is 3.15 bits per heavy atom. The smallest absolute Gasteiger partial charge is 0.0694 e. The van der Waals surface area contributed by atoms with Crippen molar-refractivity contribution in [3.63, 3.8) is 0 Å². The zero-order valence-corrected chi connectivity index (χ0v) is 7.64. The van der Waals surface area contributed by atoms with Gasteiger partial charge in [0.15, 0.2) is 0 Å². The maximum Gasteiger partial charge on any atom is 0.0694 e. The second kappa shape index (κ2) is 3.18. The molecule has 2 aromatic rings. The predicted molar refractivity (Wildman–Crippen MR) is 52.5 cm³/mol. The number of aromatic nitrogens is 2. The Morgan fingerprint density at radius 1 is 1.54 bits per heavy atom. The van der Waals surface area contributed by atoms with Crippen LogP contribution in [-0.4, -0.2) is 15.7 Å². The molecule has 0 aliphatic rings. The number of pyridine rings is 1. The van der Waals surface area contributed by atoms with Crippen molar-refractivity contribution in [1.82, 2.24) is 9.61 Å². The van der Waals surface area contributed by atoms with Crippen LogP contribution in [-0.2, 0) is 6.42 Å². The van der Waals surface area contributed by atoms with Gasteiger partial charge in [-0.05, 0) is 31.0 Å². The summed E-state index contributed by atoms with van der Waals surface area (Å²) in [5.74, 6) is 0. The monoisotopic (exact) mass is 175 g/mol. The van der Waals surface area contributed by atoms with Crippen molar-refractivity contribution in [1.29, 1.82) is 0 Å². The molecule has 3 heteroatoms. The third-order valence-electron chi connectivity index (χ3n) is 2.05. The zero-order chi connectivity index (χ0) is 9.26. The highest BCUT2D eigenvalue weighted by Gasteiger charge is 2.04. The molecule has 2 aromatic heterocycles. The zero-order valence-electron chi connectivity index (χ0n) is 7.64. The van der Waals surface area contributed by atoms with E-state index in [9.17, 15) is 0 Å². The summed E-state index contributed by atoms with van der Waals surface area (Å²) in [6.45, 7) is 2.01. The van der Waals surface area contributed by atoms with Crippen molar-refractivity contribution < 1.29 is 0 Å². The molecule has 1 atom stereocenters. The van der Waals surface area contributed by atoms with Crippen molar-refractivity contribution in [3.05, 3.63) is 36.2 Å². The summed E-state index contributed by atoms with van der Waals surface area (Å²) in [5, 5.41) is 4.23. The van der Waals surface area contributed by atoms with Crippen molar-refractivity contribution in [2.75, 3.05) is 0 Å². The third-order valence-corrected chi connectivity index (χ3v) is 2.05. The third kappa shape index (κ3) is 1.55. The Morgan fingerprint density at radius 2 is 2.38 bits per heavy atom. The van der Waals surface area contributed by atoms with E-state index in [0.29, 0.717) is 0 Å². The first-order valence-corrected chi connectivity index (χ1v) is 4.44. The summed E-state index contributed by atoms with van der Waals surface area (Å²) < 4.78 is 1.87. The largest absolute Gasteiger partial charge is 0.328 e. The van der Waals surface area contributed by atoms with Crippen LogP contribution >= 0.6 is 0 Å². The number of rotatable bonds is 2. The Kier molecular flexibility index (Phi) is 2.02. The maximum absolute atomic E-state index is 5.74. The minimum absolute atomic E-state index is 0.188. The average molecular weight is 175 g/mol. The number of fused-ring (bicyclic) bond motifs is 1. The van der Waals surface area contributed by atoms with Crippen molar-refractivity contribution in [3.8, 4) is 0 Å². The predicted octanol–water partition coefficient (Wildman–Crippen LogP) is 1.22. The number of hydrogen-bond acceptors (Lipinski definition) is 2. The quantitative estimate of drug-likeness (QED) is 0.745. The Balaban J connectivity index is 2.46. The average Bonchev–Trinajstić information content (AvgIpc) is 2.48. The summed E-state index contributed by atoms with van der Waals surface area (Å²) >= 11 is 0. The highest BCUT2D eigenvalue weighted by atomic mass is 15.2. The van der Waals surface area contributed by atoms with Gasteiger partial charge in [-0.1, -0.05) is 6.07 Å². The Labute approximate surface area is 77.2 Å². The van der Waals surface area contributed by atoms with Crippen molar-refractivity contribution in [2.45, 2.75) is 19.4 Å². The Bertz CT molecular complexity index is 403. The van der Waals surface area contributed by atoms with Gasteiger partial charge in [0.25, 0.3) is 0 Å². The maximum atomic E-state index is 5.74. The molecule has 2 N–H and O–H groups in total. The van der Waals surface area contributed by atoms with Gasteiger partial charge in [-0.15, -0.1) is 0 Å². The van der Waals surface area contributed by atoms with Crippen molar-refractivity contribution >= 4 is 5.52 Å². The van der Waals surface area contributed by atoms with Gasteiger partial charge in [-0.3, -0.25) is 0 Å². The molecule has 0 aromatic carbocycles. The first-order valence-electron chi connectivity index (χ1n) is 4.44. The lowest BCUT2D eigenvalue weighted by Gasteiger charge is -2.01. The van der Waals surface area contributed by atoms with Gasteiger partial charge in [0.05, 0.1) is 11.7 Å². The molecule has 0 radical (unpaired) electrons. The van der Waals surface area contributed by atoms with Gasteiger partial charge in [0.1, 0.15) is 0 Å². The molecule has 13 heavy (non-hydrogen) atoms. The first kappa shape index (κ1) is 8.26. The molecular weight excluding hydrogens is 162 g/mol. The lowest BCUT2D eigenvalue weighted by molar-refractivity contribution is 0.741. The van der Waals surface area contributed by atoms with Gasteiger partial charge >= 0.3 is 0 Å². The van der Waals surface area contributed by atoms with Crippen LogP contribution < -0.4 is 5.73 Å². The molecule has 0 amide bonds. The molecule has 0 aliphatic carbocycles. The van der Waals surface area contributed by atoms with E-state index in [1.807, 2.05) is 36.0 Å². The van der Waals surface area contributed by atoms with Crippen LogP contribution in [0.2, 0.25) is 0 Å². The van der Waals surface area contributed by atoms with Crippen LogP contribution in [0.15, 0.2) is 30.6 Å². The molecule has 0 fully saturated rings. The molecular formula is C10H13N3. The number of hydrogen-bond donors (Lipinski definition) is 1. The van der Waals surface area contributed by atoms with Crippen molar-refractivity contribution in [2.24, 2.45) is 5.73 Å². The van der Waals surface area contributed by atoms with E-state index < -0.39 is 0 Å². The molecule has 0 aliphatic heterocycles. The van der Waals surface area contributed by atoms with E-state index in [1.165, 1.54) is 5.56 Å². The normalized spacial score (nSPS) is 13.4. The van der Waals surface area contributed by atoms with Crippen LogP contribution in [0.25, 0.3) is 5.52 Å². The fraction of sp³-hybridized carbons (Fsp3) is 0.300. The van der Waals surface area contributed by atoms with Gasteiger partial charge < -0.3 is 5.73 Å². The minimum Gasteiger partial charge on any atom is -0.328 e. The highest BCUT2D eigenvalue weighted by Crippen LogP contribution is 2.11. The van der Waals surface area contributed by atoms with Crippen LogP contribution in [0, 0.1) is 0 Å². The second-order valence-corrected chi connectivity index (χ2v) is 3.38. The molecule has 0 spiro atoms. The SMILES string of the molecule is C[C@@H](N)Cc1cnn2ccccc12. The molecule has 0 bridgehead atoms. The molecule has 2 rings (SSSR count). The van der Waals surface area contributed by atoms with E-state index in [-0.39, 0.29) is 6.04 Å². The van der Waals surface area contributed by atoms with E-state index in [4.69, 9.17) is 5.73 Å². The van der Waals surface area contributed by atoms with Crippen LogP contribution in [0.1, 0.15) is 12.5 Å². The number of nitrogens with zero attached hydrogens (tertiary/aromatic N) is 2. The van der Waals surface area contributed by atoms with Crippen LogP contribution in [0.4, 0.5) is 0 Å². The molecule has 2 heterocycles. The van der Waals surface area contributed by atoms with E-state index in [0.717, 1.165) is 11.9 Å². The molecule has 0 saturated heterocycles. The first-order chi connectivity index (χ1) is 6.27. The molecule has 68 valence electrons. The fourth-order valence-electron chi connectivity index (χ4n) is 1.49. The lowest BCUT2D eigenvalue weighted by atomic mass is 10.1. The molecule has 0 saturated carbocycles. The van der Waals surface area contributed by atoms with E-state index in [1.54, 1.807) is 0 Å². The summed E-state index contributed by atoms with van der Waals surface area (Å²) in [5.41, 5.74) is 8.11. The Hall–Kier alpha value is -1.35. The summed E-state index contributed by atoms with van der Waals surface area (Å²) in [6, 6.07) is 6.23. The van der Waals surface area contributed by atoms with E-state index in [2.05, 4.69) is 11.2 Å². The van der Waals surface area contributed by atoms with Gasteiger partial charge in [-0.25, -0.2) is 4.52 Å². The highest BCUT2D eigenvalue weighted by molar-refractivity contribution is 5.53. The van der Waals surface area contributed by atoms with Gasteiger partial charge in [0, 0.05) is 12.2 Å². The lowest BCUT2D eigenvalue weighted by Crippen LogP contribution is -2.17. The van der Waals surface area contributed by atoms with Crippen LogP contribution in [0.3, 0.4) is 0 Å². The van der Waals surface area contributed by atoms with Gasteiger partial charge in [0.2, 0.25) is 0 Å². The van der Waals surface area contributed by atoms with E-state index >= 15 is 0 Å². The summed E-state index contributed by atoms with van der Waals surface area (Å²) in [7, 11) is 0. The topological polar surface area (TPSA) is 43.3 Å². The fourth-order valence-corrected chi connectivity index (χ4v) is 1.49. The standard InChI is InChI=1S/C10H13N3/c1-8(11)6-9-7-12-13-5-3-2-4-10(9)13/h2-5,7-8H,6,11H2,1H3/t8-/m1/s1. The number of nitrogens with two attached hydrogens (primary N) is 1.